The topological polar surface area (TPSA) is 62.4 Å². The first-order chi connectivity index (χ1) is 8.32. The minimum Gasteiger partial charge on any atom is -0.325 e. The lowest BCUT2D eigenvalue weighted by molar-refractivity contribution is -0.137. The van der Waals surface area contributed by atoms with E-state index in [1.54, 1.807) is 0 Å². The van der Waals surface area contributed by atoms with Crippen molar-refractivity contribution in [1.82, 2.24) is 5.43 Å². The zero-order chi connectivity index (χ0) is 13.8. The van der Waals surface area contributed by atoms with Gasteiger partial charge in [0.2, 0.25) is 5.96 Å². The Labute approximate surface area is 103 Å². The summed E-state index contributed by atoms with van der Waals surface area (Å²) in [7, 11) is 0. The van der Waals surface area contributed by atoms with E-state index >= 15 is 0 Å². The Hall–Kier alpha value is -1.76. The molecule has 1 rings (SSSR count). The molecule has 0 radical (unpaired) electrons. The van der Waals surface area contributed by atoms with Crippen LogP contribution in [-0.4, -0.2) is 12.0 Å². The van der Waals surface area contributed by atoms with Gasteiger partial charge < -0.3 is 5.32 Å². The summed E-state index contributed by atoms with van der Waals surface area (Å²) in [4.78, 5) is 4.07. The van der Waals surface area contributed by atoms with Crippen molar-refractivity contribution >= 4 is 11.6 Å². The Morgan fingerprint density at radius 2 is 2.00 bits per heavy atom. The largest absolute Gasteiger partial charge is 0.416 e. The molecule has 0 aliphatic heterocycles. The summed E-state index contributed by atoms with van der Waals surface area (Å²) in [5.74, 6) is 5.44. The minimum atomic E-state index is -4.37. The van der Waals surface area contributed by atoms with Crippen molar-refractivity contribution in [3.05, 3.63) is 29.8 Å². The van der Waals surface area contributed by atoms with E-state index in [4.69, 9.17) is 5.84 Å². The number of hydrogen-bond acceptors (Lipinski definition) is 2. The van der Waals surface area contributed by atoms with E-state index < -0.39 is 11.7 Å². The first-order valence-electron chi connectivity index (χ1n) is 5.31. The highest BCUT2D eigenvalue weighted by Crippen LogP contribution is 2.30. The molecule has 4 N–H and O–H groups in total. The van der Waals surface area contributed by atoms with Gasteiger partial charge in [0.15, 0.2) is 0 Å². The van der Waals surface area contributed by atoms with Crippen LogP contribution in [0, 0.1) is 0 Å². The first kappa shape index (κ1) is 14.3. The highest BCUT2D eigenvalue weighted by atomic mass is 19.4. The van der Waals surface area contributed by atoms with Gasteiger partial charge in [-0.3, -0.25) is 5.43 Å². The van der Waals surface area contributed by atoms with Crippen molar-refractivity contribution in [2.45, 2.75) is 26.1 Å². The van der Waals surface area contributed by atoms with Gasteiger partial charge in [0, 0.05) is 11.7 Å². The molecule has 0 saturated heterocycles. The summed E-state index contributed by atoms with van der Waals surface area (Å²) in [6.07, 6.45) is -4.37. The molecule has 0 bridgehead atoms. The van der Waals surface area contributed by atoms with E-state index in [0.717, 1.165) is 12.1 Å². The van der Waals surface area contributed by atoms with Crippen molar-refractivity contribution in [2.24, 2.45) is 10.8 Å². The van der Waals surface area contributed by atoms with Gasteiger partial charge in [0.1, 0.15) is 0 Å². The molecule has 0 unspecified atom stereocenters. The number of halogens is 3. The SMILES string of the molecule is CC(C)N=C(NN)Nc1cccc(C(F)(F)F)c1. The third-order valence-corrected chi connectivity index (χ3v) is 1.98. The van der Waals surface area contributed by atoms with Crippen LogP contribution in [0.3, 0.4) is 0 Å². The minimum absolute atomic E-state index is 0.0330. The number of nitrogens with zero attached hydrogens (tertiary/aromatic N) is 1. The molecule has 4 nitrogen and oxygen atoms in total. The number of alkyl halides is 3. The number of aliphatic imine (C=N–C) groups is 1. The van der Waals surface area contributed by atoms with E-state index in [-0.39, 0.29) is 17.7 Å². The maximum absolute atomic E-state index is 12.5. The van der Waals surface area contributed by atoms with Gasteiger partial charge in [-0.15, -0.1) is 0 Å². The van der Waals surface area contributed by atoms with Crippen LogP contribution in [0.15, 0.2) is 29.3 Å². The predicted octanol–water partition coefficient (Wildman–Crippen LogP) is 2.34. The zero-order valence-electron chi connectivity index (χ0n) is 10.0. The summed E-state index contributed by atoms with van der Waals surface area (Å²) in [5, 5.41) is 2.69. The molecule has 0 saturated carbocycles. The molecule has 0 aromatic heterocycles. The zero-order valence-corrected chi connectivity index (χ0v) is 10.0. The summed E-state index contributed by atoms with van der Waals surface area (Å²) in [6, 6.07) is 4.78. The van der Waals surface area contributed by atoms with E-state index in [2.05, 4.69) is 15.7 Å². The van der Waals surface area contributed by atoms with Gasteiger partial charge in [-0.25, -0.2) is 10.8 Å². The lowest BCUT2D eigenvalue weighted by atomic mass is 10.2. The van der Waals surface area contributed by atoms with Crippen LogP contribution >= 0.6 is 0 Å². The van der Waals surface area contributed by atoms with Crippen molar-refractivity contribution in [3.63, 3.8) is 0 Å². The Bertz CT molecular complexity index is 427. The number of nitrogens with one attached hydrogen (secondary N) is 2. The molecule has 1 aromatic carbocycles. The number of anilines is 1. The highest BCUT2D eigenvalue weighted by molar-refractivity contribution is 5.93. The van der Waals surface area contributed by atoms with Crippen molar-refractivity contribution in [3.8, 4) is 0 Å². The third-order valence-electron chi connectivity index (χ3n) is 1.98. The van der Waals surface area contributed by atoms with Crippen LogP contribution < -0.4 is 16.6 Å². The average Bonchev–Trinajstić information content (AvgIpc) is 2.26. The fourth-order valence-electron chi connectivity index (χ4n) is 1.27. The molecule has 7 heteroatoms. The van der Waals surface area contributed by atoms with E-state index in [9.17, 15) is 13.2 Å². The van der Waals surface area contributed by atoms with Crippen LogP contribution in [-0.2, 0) is 6.18 Å². The normalized spacial score (nSPS) is 12.7. The number of guanidine groups is 1. The Morgan fingerprint density at radius 3 is 2.50 bits per heavy atom. The Kier molecular flexibility index (Phi) is 4.55. The molecule has 0 amide bonds. The second-order valence-corrected chi connectivity index (χ2v) is 3.92. The number of benzene rings is 1. The first-order valence-corrected chi connectivity index (χ1v) is 5.31. The smallest absolute Gasteiger partial charge is 0.325 e. The van der Waals surface area contributed by atoms with Gasteiger partial charge in [-0.2, -0.15) is 13.2 Å². The lowest BCUT2D eigenvalue weighted by Gasteiger charge is -2.12. The van der Waals surface area contributed by atoms with Gasteiger partial charge in [-0.05, 0) is 32.0 Å². The Balaban J connectivity index is 2.91. The molecule has 100 valence electrons. The van der Waals surface area contributed by atoms with E-state index in [0.29, 0.717) is 0 Å². The standard InChI is InChI=1S/C11H15F3N4/c1-7(2)16-10(18-15)17-9-5-3-4-8(6-9)11(12,13)14/h3-7H,15H2,1-2H3,(H2,16,17,18). The van der Waals surface area contributed by atoms with Crippen LogP contribution in [0.4, 0.5) is 18.9 Å². The van der Waals surface area contributed by atoms with Crippen molar-refractivity contribution < 1.29 is 13.2 Å². The quantitative estimate of drug-likeness (QED) is 0.331. The van der Waals surface area contributed by atoms with Gasteiger partial charge >= 0.3 is 6.18 Å². The van der Waals surface area contributed by atoms with Gasteiger partial charge in [0.05, 0.1) is 5.56 Å². The fourth-order valence-corrected chi connectivity index (χ4v) is 1.27. The maximum atomic E-state index is 12.5. The van der Waals surface area contributed by atoms with Crippen molar-refractivity contribution in [2.75, 3.05) is 5.32 Å². The van der Waals surface area contributed by atoms with Crippen LogP contribution in [0.5, 0.6) is 0 Å². The summed E-state index contributed by atoms with van der Waals surface area (Å²) in [5.41, 5.74) is 1.84. The van der Waals surface area contributed by atoms with Crippen LogP contribution in [0.1, 0.15) is 19.4 Å². The monoisotopic (exact) mass is 260 g/mol. The number of nitrogens with two attached hydrogens (primary N) is 1. The fraction of sp³-hybridized carbons (Fsp3) is 0.364. The second kappa shape index (κ2) is 5.72. The van der Waals surface area contributed by atoms with Crippen LogP contribution in [0.2, 0.25) is 0 Å². The summed E-state index contributed by atoms with van der Waals surface area (Å²) >= 11 is 0. The molecule has 0 atom stereocenters. The molecular formula is C11H15F3N4. The second-order valence-electron chi connectivity index (χ2n) is 3.92. The van der Waals surface area contributed by atoms with Gasteiger partial charge in [-0.1, -0.05) is 6.07 Å². The molecule has 1 aromatic rings. The average molecular weight is 260 g/mol. The maximum Gasteiger partial charge on any atom is 0.416 e. The van der Waals surface area contributed by atoms with Gasteiger partial charge in [0.25, 0.3) is 0 Å². The molecule has 0 aliphatic rings. The Morgan fingerprint density at radius 1 is 1.33 bits per heavy atom. The lowest BCUT2D eigenvalue weighted by Crippen LogP contribution is -2.37. The molecule has 0 fully saturated rings. The third kappa shape index (κ3) is 4.25. The molecule has 18 heavy (non-hydrogen) atoms. The molecular weight excluding hydrogens is 245 g/mol. The van der Waals surface area contributed by atoms with Crippen LogP contribution in [0.25, 0.3) is 0 Å². The highest BCUT2D eigenvalue weighted by Gasteiger charge is 2.30. The van der Waals surface area contributed by atoms with E-state index in [1.807, 2.05) is 13.8 Å². The molecule has 0 spiro atoms. The number of rotatable bonds is 2. The van der Waals surface area contributed by atoms with E-state index in [1.165, 1.54) is 12.1 Å². The molecule has 0 heterocycles. The predicted molar refractivity (Wildman–Crippen MR) is 65.0 cm³/mol. The number of hydrazine groups is 1. The van der Waals surface area contributed by atoms with Crippen molar-refractivity contribution in [1.29, 1.82) is 0 Å². The summed E-state index contributed by atoms with van der Waals surface area (Å²) in [6.45, 7) is 3.65. The summed E-state index contributed by atoms with van der Waals surface area (Å²) < 4.78 is 37.5. The molecule has 0 aliphatic carbocycles. The number of hydrogen-bond donors (Lipinski definition) is 3.